The van der Waals surface area contributed by atoms with E-state index in [1.54, 1.807) is 12.5 Å². The molecule has 1 aromatic carbocycles. The molecule has 2 aromatic rings. The minimum atomic E-state index is 0.704. The number of hydrogen-bond donors (Lipinski definition) is 1. The van der Waals surface area contributed by atoms with Gasteiger partial charge in [-0.3, -0.25) is 0 Å². The van der Waals surface area contributed by atoms with Crippen molar-refractivity contribution in [3.8, 4) is 5.69 Å². The van der Waals surface area contributed by atoms with E-state index in [2.05, 4.69) is 10.3 Å². The molecule has 0 saturated carbocycles. The SMILES string of the molecule is CNc1cccc(Cl)c1-n1ccnc1. The van der Waals surface area contributed by atoms with Crippen molar-refractivity contribution in [1.82, 2.24) is 9.55 Å². The molecule has 1 N–H and O–H groups in total. The van der Waals surface area contributed by atoms with Gasteiger partial charge >= 0.3 is 0 Å². The molecule has 0 spiro atoms. The lowest BCUT2D eigenvalue weighted by Gasteiger charge is -2.10. The van der Waals surface area contributed by atoms with Gasteiger partial charge in [0.05, 0.1) is 22.7 Å². The lowest BCUT2D eigenvalue weighted by Crippen LogP contribution is -1.98. The molecule has 1 aromatic heterocycles. The maximum atomic E-state index is 6.11. The number of halogens is 1. The predicted molar refractivity (Wildman–Crippen MR) is 58.1 cm³/mol. The molecule has 3 nitrogen and oxygen atoms in total. The summed E-state index contributed by atoms with van der Waals surface area (Å²) >= 11 is 6.11. The number of anilines is 1. The molecule has 72 valence electrons. The first-order valence-corrected chi connectivity index (χ1v) is 4.65. The number of nitrogens with zero attached hydrogens (tertiary/aromatic N) is 2. The van der Waals surface area contributed by atoms with Gasteiger partial charge in [-0.05, 0) is 12.1 Å². The fourth-order valence-corrected chi connectivity index (χ4v) is 1.64. The third-order valence-electron chi connectivity index (χ3n) is 2.02. The van der Waals surface area contributed by atoms with Crippen LogP contribution in [-0.4, -0.2) is 16.6 Å². The van der Waals surface area contributed by atoms with E-state index in [9.17, 15) is 0 Å². The second kappa shape index (κ2) is 3.72. The fraction of sp³-hybridized carbons (Fsp3) is 0.100. The van der Waals surface area contributed by atoms with E-state index >= 15 is 0 Å². The predicted octanol–water partition coefficient (Wildman–Crippen LogP) is 2.57. The minimum absolute atomic E-state index is 0.704. The van der Waals surface area contributed by atoms with Gasteiger partial charge in [0.25, 0.3) is 0 Å². The summed E-state index contributed by atoms with van der Waals surface area (Å²) in [6, 6.07) is 5.74. The van der Waals surface area contributed by atoms with Crippen molar-refractivity contribution in [2.45, 2.75) is 0 Å². The van der Waals surface area contributed by atoms with Crippen LogP contribution < -0.4 is 5.32 Å². The number of nitrogens with one attached hydrogen (secondary N) is 1. The zero-order valence-corrected chi connectivity index (χ0v) is 8.49. The Morgan fingerprint density at radius 2 is 2.29 bits per heavy atom. The number of aromatic nitrogens is 2. The summed E-state index contributed by atoms with van der Waals surface area (Å²) in [5.41, 5.74) is 1.91. The van der Waals surface area contributed by atoms with Gasteiger partial charge in [0.2, 0.25) is 0 Å². The van der Waals surface area contributed by atoms with Gasteiger partial charge in [-0.1, -0.05) is 17.7 Å². The molecule has 0 aliphatic rings. The summed E-state index contributed by atoms with van der Waals surface area (Å²) in [6.07, 6.45) is 5.31. The van der Waals surface area contributed by atoms with E-state index in [1.807, 2.05) is 36.0 Å². The summed E-state index contributed by atoms with van der Waals surface area (Å²) in [6.45, 7) is 0. The van der Waals surface area contributed by atoms with Gasteiger partial charge in [0.1, 0.15) is 0 Å². The molecular weight excluding hydrogens is 198 g/mol. The molecule has 0 amide bonds. The molecule has 0 radical (unpaired) electrons. The molecule has 0 fully saturated rings. The van der Waals surface area contributed by atoms with Crippen LogP contribution in [0.2, 0.25) is 5.02 Å². The quantitative estimate of drug-likeness (QED) is 0.821. The number of imidazole rings is 1. The summed E-state index contributed by atoms with van der Waals surface area (Å²) in [4.78, 5) is 3.99. The highest BCUT2D eigenvalue weighted by Gasteiger charge is 2.06. The molecule has 14 heavy (non-hydrogen) atoms. The lowest BCUT2D eigenvalue weighted by molar-refractivity contribution is 1.06. The second-order valence-electron chi connectivity index (χ2n) is 2.86. The molecule has 2 rings (SSSR count). The average molecular weight is 208 g/mol. The van der Waals surface area contributed by atoms with Crippen LogP contribution in [0.25, 0.3) is 5.69 Å². The van der Waals surface area contributed by atoms with Crippen LogP contribution in [0.1, 0.15) is 0 Å². The van der Waals surface area contributed by atoms with Gasteiger partial charge in [-0.25, -0.2) is 4.98 Å². The normalized spacial score (nSPS) is 10.1. The maximum Gasteiger partial charge on any atom is 0.0992 e. The van der Waals surface area contributed by atoms with Crippen LogP contribution >= 0.6 is 11.6 Å². The number of hydrogen-bond acceptors (Lipinski definition) is 2. The highest BCUT2D eigenvalue weighted by molar-refractivity contribution is 6.33. The summed E-state index contributed by atoms with van der Waals surface area (Å²) in [5.74, 6) is 0. The van der Waals surface area contributed by atoms with Gasteiger partial charge in [0.15, 0.2) is 0 Å². The second-order valence-corrected chi connectivity index (χ2v) is 3.26. The molecule has 0 saturated heterocycles. The van der Waals surface area contributed by atoms with Crippen molar-refractivity contribution in [3.63, 3.8) is 0 Å². The van der Waals surface area contributed by atoms with Crippen LogP contribution in [0.5, 0.6) is 0 Å². The molecule has 0 aliphatic heterocycles. The molecule has 0 atom stereocenters. The lowest BCUT2D eigenvalue weighted by atomic mass is 10.2. The maximum absolute atomic E-state index is 6.11. The van der Waals surface area contributed by atoms with Gasteiger partial charge < -0.3 is 9.88 Å². The van der Waals surface area contributed by atoms with Crippen molar-refractivity contribution < 1.29 is 0 Å². The van der Waals surface area contributed by atoms with Gasteiger partial charge in [0, 0.05) is 19.4 Å². The van der Waals surface area contributed by atoms with Crippen molar-refractivity contribution in [1.29, 1.82) is 0 Å². The van der Waals surface area contributed by atoms with Crippen LogP contribution in [-0.2, 0) is 0 Å². The monoisotopic (exact) mass is 207 g/mol. The Morgan fingerprint density at radius 1 is 1.43 bits per heavy atom. The summed E-state index contributed by atoms with van der Waals surface area (Å²) in [5, 5.41) is 3.80. The molecule has 4 heteroatoms. The Kier molecular flexibility index (Phi) is 2.41. The number of benzene rings is 1. The topological polar surface area (TPSA) is 29.9 Å². The van der Waals surface area contributed by atoms with Crippen molar-refractivity contribution in [2.24, 2.45) is 0 Å². The van der Waals surface area contributed by atoms with Crippen molar-refractivity contribution >= 4 is 17.3 Å². The Hall–Kier alpha value is -1.48. The third kappa shape index (κ3) is 1.46. The van der Waals surface area contributed by atoms with E-state index in [4.69, 9.17) is 11.6 Å². The third-order valence-corrected chi connectivity index (χ3v) is 2.32. The van der Waals surface area contributed by atoms with Gasteiger partial charge in [-0.15, -0.1) is 0 Å². The molecular formula is C10H10ClN3. The van der Waals surface area contributed by atoms with Crippen LogP contribution in [0, 0.1) is 0 Å². The van der Waals surface area contributed by atoms with E-state index in [0.717, 1.165) is 11.4 Å². The fourth-order valence-electron chi connectivity index (χ4n) is 1.37. The first kappa shape index (κ1) is 9.09. The smallest absolute Gasteiger partial charge is 0.0992 e. The molecule has 0 unspecified atom stereocenters. The first-order chi connectivity index (χ1) is 6.83. The van der Waals surface area contributed by atoms with Crippen LogP contribution in [0.3, 0.4) is 0 Å². The Morgan fingerprint density at radius 3 is 2.93 bits per heavy atom. The van der Waals surface area contributed by atoms with Crippen molar-refractivity contribution in [3.05, 3.63) is 41.9 Å². The molecule has 1 heterocycles. The van der Waals surface area contributed by atoms with Crippen molar-refractivity contribution in [2.75, 3.05) is 12.4 Å². The summed E-state index contributed by atoms with van der Waals surface area (Å²) in [7, 11) is 1.87. The standard InChI is InChI=1S/C10H10ClN3/c1-12-9-4-2-3-8(11)10(9)14-6-5-13-7-14/h2-7,12H,1H3. The number of rotatable bonds is 2. The Labute approximate surface area is 87.3 Å². The van der Waals surface area contributed by atoms with E-state index in [0.29, 0.717) is 5.02 Å². The zero-order valence-electron chi connectivity index (χ0n) is 7.74. The average Bonchev–Trinajstić information content (AvgIpc) is 2.70. The highest BCUT2D eigenvalue weighted by Crippen LogP contribution is 2.27. The Balaban J connectivity index is 2.61. The van der Waals surface area contributed by atoms with Gasteiger partial charge in [-0.2, -0.15) is 0 Å². The molecule has 0 bridgehead atoms. The van der Waals surface area contributed by atoms with E-state index < -0.39 is 0 Å². The largest absolute Gasteiger partial charge is 0.386 e. The number of para-hydroxylation sites is 1. The van der Waals surface area contributed by atoms with Crippen LogP contribution in [0.15, 0.2) is 36.9 Å². The van der Waals surface area contributed by atoms with Crippen LogP contribution in [0.4, 0.5) is 5.69 Å². The summed E-state index contributed by atoms with van der Waals surface area (Å²) < 4.78 is 1.88. The minimum Gasteiger partial charge on any atom is -0.386 e. The Bertz CT molecular complexity index is 423. The molecule has 0 aliphatic carbocycles. The highest BCUT2D eigenvalue weighted by atomic mass is 35.5. The van der Waals surface area contributed by atoms with E-state index in [-0.39, 0.29) is 0 Å². The zero-order chi connectivity index (χ0) is 9.97. The van der Waals surface area contributed by atoms with E-state index in [1.165, 1.54) is 0 Å². The first-order valence-electron chi connectivity index (χ1n) is 4.27.